The zero-order valence-electron chi connectivity index (χ0n) is 12.6. The number of methoxy groups -OCH3 is 1. The number of carbonyl (C=O) groups is 3. The normalized spacial score (nSPS) is 9.86. The van der Waals surface area contributed by atoms with Gasteiger partial charge in [-0.25, -0.2) is 4.98 Å². The van der Waals surface area contributed by atoms with Crippen molar-refractivity contribution in [2.45, 2.75) is 32.1 Å². The Bertz CT molecular complexity index is 491. The molecule has 2 N–H and O–H groups in total. The lowest BCUT2D eigenvalue weighted by molar-refractivity contribution is -0.140. The molecule has 0 atom stereocenters. The lowest BCUT2D eigenvalue weighted by atomic mass is 10.2. The van der Waals surface area contributed by atoms with Crippen LogP contribution in [0, 0.1) is 0 Å². The van der Waals surface area contributed by atoms with E-state index < -0.39 is 0 Å². The maximum atomic E-state index is 11.6. The summed E-state index contributed by atoms with van der Waals surface area (Å²) in [6.07, 6.45) is 3.65. The predicted molar refractivity (Wildman–Crippen MR) is 81.0 cm³/mol. The first-order valence-corrected chi connectivity index (χ1v) is 7.16. The summed E-state index contributed by atoms with van der Waals surface area (Å²) in [6, 6.07) is 5.23. The van der Waals surface area contributed by atoms with Crippen molar-refractivity contribution in [2.24, 2.45) is 0 Å². The number of amides is 2. The van der Waals surface area contributed by atoms with E-state index in [1.165, 1.54) is 7.11 Å². The smallest absolute Gasteiger partial charge is 0.305 e. The molecule has 0 unspecified atom stereocenters. The number of aromatic nitrogens is 1. The molecule has 0 aliphatic rings. The largest absolute Gasteiger partial charge is 0.469 e. The van der Waals surface area contributed by atoms with Crippen LogP contribution in [0.3, 0.4) is 0 Å². The van der Waals surface area contributed by atoms with Crippen molar-refractivity contribution in [2.75, 3.05) is 19.0 Å². The predicted octanol–water partition coefficient (Wildman–Crippen LogP) is 1.26. The van der Waals surface area contributed by atoms with Gasteiger partial charge in [-0.15, -0.1) is 0 Å². The SMILES string of the molecule is COC(=O)CCCCC(=O)NCCC(=O)Nc1ccccn1. The highest BCUT2D eigenvalue weighted by Crippen LogP contribution is 2.02. The molecule has 0 aliphatic carbocycles. The third-order valence-electron chi connectivity index (χ3n) is 2.87. The van der Waals surface area contributed by atoms with Gasteiger partial charge in [0.25, 0.3) is 0 Å². The lowest BCUT2D eigenvalue weighted by Gasteiger charge is -2.06. The molecule has 1 rings (SSSR count). The van der Waals surface area contributed by atoms with Gasteiger partial charge in [0.1, 0.15) is 5.82 Å². The molecule has 7 heteroatoms. The summed E-state index contributed by atoms with van der Waals surface area (Å²) in [5.41, 5.74) is 0. The Morgan fingerprint density at radius 2 is 1.86 bits per heavy atom. The quantitative estimate of drug-likeness (QED) is 0.529. The van der Waals surface area contributed by atoms with Crippen LogP contribution in [0.4, 0.5) is 5.82 Å². The summed E-state index contributed by atoms with van der Waals surface area (Å²) in [7, 11) is 1.34. The van der Waals surface area contributed by atoms with Gasteiger partial charge in [-0.2, -0.15) is 0 Å². The van der Waals surface area contributed by atoms with Crippen LogP contribution in [0.1, 0.15) is 32.1 Å². The molecule has 0 saturated heterocycles. The topological polar surface area (TPSA) is 97.4 Å². The number of ether oxygens (including phenoxy) is 1. The van der Waals surface area contributed by atoms with Crippen LogP contribution in [0.25, 0.3) is 0 Å². The average molecular weight is 307 g/mol. The van der Waals surface area contributed by atoms with E-state index in [1.54, 1.807) is 24.4 Å². The molecule has 0 radical (unpaired) electrons. The van der Waals surface area contributed by atoms with Crippen LogP contribution < -0.4 is 10.6 Å². The van der Waals surface area contributed by atoms with E-state index in [0.29, 0.717) is 31.5 Å². The molecule has 0 spiro atoms. The molecule has 7 nitrogen and oxygen atoms in total. The fourth-order valence-corrected chi connectivity index (χ4v) is 1.70. The minimum Gasteiger partial charge on any atom is -0.469 e. The van der Waals surface area contributed by atoms with Gasteiger partial charge in [0.2, 0.25) is 11.8 Å². The van der Waals surface area contributed by atoms with Crippen LogP contribution in [0.15, 0.2) is 24.4 Å². The first-order chi connectivity index (χ1) is 10.6. The van der Waals surface area contributed by atoms with E-state index in [4.69, 9.17) is 0 Å². The second kappa shape index (κ2) is 10.3. The molecule has 1 heterocycles. The molecule has 0 aromatic carbocycles. The summed E-state index contributed by atoms with van der Waals surface area (Å²) in [5, 5.41) is 5.30. The molecule has 2 amide bonds. The van der Waals surface area contributed by atoms with Crippen LogP contribution >= 0.6 is 0 Å². The Morgan fingerprint density at radius 1 is 1.09 bits per heavy atom. The van der Waals surface area contributed by atoms with E-state index in [1.807, 2.05) is 0 Å². The highest BCUT2D eigenvalue weighted by molar-refractivity contribution is 5.90. The zero-order chi connectivity index (χ0) is 16.2. The van der Waals surface area contributed by atoms with Gasteiger partial charge in [0.15, 0.2) is 0 Å². The number of nitrogens with zero attached hydrogens (tertiary/aromatic N) is 1. The van der Waals surface area contributed by atoms with Crippen LogP contribution in [0.5, 0.6) is 0 Å². The van der Waals surface area contributed by atoms with Gasteiger partial charge in [0.05, 0.1) is 7.11 Å². The maximum absolute atomic E-state index is 11.6. The van der Waals surface area contributed by atoms with Gasteiger partial charge < -0.3 is 15.4 Å². The van der Waals surface area contributed by atoms with E-state index in [0.717, 1.165) is 0 Å². The second-order valence-electron chi connectivity index (χ2n) is 4.65. The van der Waals surface area contributed by atoms with Crippen LogP contribution in [0.2, 0.25) is 0 Å². The molecule has 1 aromatic heterocycles. The summed E-state index contributed by atoms with van der Waals surface area (Å²) < 4.78 is 4.51. The molecular formula is C15H21N3O4. The number of hydrogen-bond acceptors (Lipinski definition) is 5. The first-order valence-electron chi connectivity index (χ1n) is 7.16. The molecule has 22 heavy (non-hydrogen) atoms. The number of unbranched alkanes of at least 4 members (excludes halogenated alkanes) is 1. The number of nitrogens with one attached hydrogen (secondary N) is 2. The number of esters is 1. The number of anilines is 1. The first kappa shape index (κ1) is 17.6. The standard InChI is InChI=1S/C15H21N3O4/c1-22-15(21)8-3-2-7-13(19)17-11-9-14(20)18-12-6-4-5-10-16-12/h4-6,10H,2-3,7-9,11H2,1H3,(H,17,19)(H,16,18,20). The number of hydrogen-bond donors (Lipinski definition) is 2. The number of carbonyl (C=O) groups excluding carboxylic acids is 3. The van der Waals surface area contributed by atoms with Crippen molar-refractivity contribution in [3.63, 3.8) is 0 Å². The fourth-order valence-electron chi connectivity index (χ4n) is 1.70. The Morgan fingerprint density at radius 3 is 2.55 bits per heavy atom. The van der Waals surface area contributed by atoms with Crippen molar-refractivity contribution >= 4 is 23.6 Å². The second-order valence-corrected chi connectivity index (χ2v) is 4.65. The lowest BCUT2D eigenvalue weighted by Crippen LogP contribution is -2.27. The van der Waals surface area contributed by atoms with Gasteiger partial charge in [-0.3, -0.25) is 14.4 Å². The van der Waals surface area contributed by atoms with E-state index >= 15 is 0 Å². The summed E-state index contributed by atoms with van der Waals surface area (Å²) in [6.45, 7) is 0.272. The number of rotatable bonds is 9. The minimum absolute atomic E-state index is 0.129. The molecular weight excluding hydrogens is 286 g/mol. The highest BCUT2D eigenvalue weighted by Gasteiger charge is 2.06. The third kappa shape index (κ3) is 7.98. The number of pyridine rings is 1. The molecule has 1 aromatic rings. The third-order valence-corrected chi connectivity index (χ3v) is 2.87. The summed E-state index contributed by atoms with van der Waals surface area (Å²) in [4.78, 5) is 38.0. The maximum Gasteiger partial charge on any atom is 0.305 e. The molecule has 0 fully saturated rings. The zero-order valence-corrected chi connectivity index (χ0v) is 12.6. The molecule has 0 bridgehead atoms. The summed E-state index contributed by atoms with van der Waals surface area (Å²) in [5.74, 6) is -0.117. The Kier molecular flexibility index (Phi) is 8.25. The highest BCUT2D eigenvalue weighted by atomic mass is 16.5. The molecule has 0 aliphatic heterocycles. The Labute approximate surface area is 129 Å². The van der Waals surface area contributed by atoms with Crippen molar-refractivity contribution < 1.29 is 19.1 Å². The Balaban J connectivity index is 2.07. The van der Waals surface area contributed by atoms with Gasteiger partial charge in [-0.1, -0.05) is 6.07 Å². The fraction of sp³-hybridized carbons (Fsp3) is 0.467. The monoisotopic (exact) mass is 307 g/mol. The summed E-state index contributed by atoms with van der Waals surface area (Å²) >= 11 is 0. The van der Waals surface area contributed by atoms with E-state index in [2.05, 4.69) is 20.4 Å². The van der Waals surface area contributed by atoms with Crippen LogP contribution in [-0.4, -0.2) is 36.4 Å². The van der Waals surface area contributed by atoms with Gasteiger partial charge in [0, 0.05) is 32.0 Å². The average Bonchev–Trinajstić information content (AvgIpc) is 2.52. The van der Waals surface area contributed by atoms with Gasteiger partial charge in [-0.05, 0) is 25.0 Å². The van der Waals surface area contributed by atoms with E-state index in [-0.39, 0.29) is 30.7 Å². The van der Waals surface area contributed by atoms with E-state index in [9.17, 15) is 14.4 Å². The molecule has 0 saturated carbocycles. The Hall–Kier alpha value is -2.44. The van der Waals surface area contributed by atoms with Crippen molar-refractivity contribution in [3.05, 3.63) is 24.4 Å². The van der Waals surface area contributed by atoms with Crippen molar-refractivity contribution in [3.8, 4) is 0 Å². The molecule has 120 valence electrons. The van der Waals surface area contributed by atoms with Gasteiger partial charge >= 0.3 is 5.97 Å². The minimum atomic E-state index is -0.272. The van der Waals surface area contributed by atoms with Crippen molar-refractivity contribution in [1.29, 1.82) is 0 Å². The van der Waals surface area contributed by atoms with Crippen molar-refractivity contribution in [1.82, 2.24) is 10.3 Å². The van der Waals surface area contributed by atoms with Crippen LogP contribution in [-0.2, 0) is 19.1 Å².